The Morgan fingerprint density at radius 1 is 0.727 bits per heavy atom. The lowest BCUT2D eigenvalue weighted by Crippen LogP contribution is -2.57. The van der Waals surface area contributed by atoms with Crippen LogP contribution in [-0.4, -0.2) is 33.6 Å². The number of thiazole rings is 1. The number of para-hydroxylation sites is 1. The van der Waals surface area contributed by atoms with Crippen molar-refractivity contribution in [2.24, 2.45) is 0 Å². The molecular formula is C19H23NO3S9Si. The summed E-state index contributed by atoms with van der Waals surface area (Å²) in [4.78, 5) is 5.79. The zero-order valence-corrected chi connectivity index (χ0v) is 26.4. The van der Waals surface area contributed by atoms with Crippen molar-refractivity contribution in [2.75, 3.05) is 19.8 Å². The molecule has 0 atom stereocenters. The molecule has 0 aliphatic heterocycles. The molecule has 3 aromatic rings. The highest BCUT2D eigenvalue weighted by molar-refractivity contribution is 9.48. The molecule has 0 fully saturated rings. The lowest BCUT2D eigenvalue weighted by atomic mass is 10.3. The molecular weight excluding hydrogens is 607 g/mol. The van der Waals surface area contributed by atoms with Crippen molar-refractivity contribution >= 4 is 116 Å². The first kappa shape index (κ1) is 28.8. The summed E-state index contributed by atoms with van der Waals surface area (Å²) in [5, 5.41) is 1.04. The average Bonchev–Trinajstić information content (AvgIpc) is 3.24. The van der Waals surface area contributed by atoms with Gasteiger partial charge in [-0.15, -0.1) is 11.3 Å². The quantitative estimate of drug-likeness (QED) is 0.0861. The van der Waals surface area contributed by atoms with Gasteiger partial charge >= 0.3 is 8.80 Å². The van der Waals surface area contributed by atoms with Gasteiger partial charge in [0.2, 0.25) is 0 Å². The van der Waals surface area contributed by atoms with Crippen LogP contribution in [0.5, 0.6) is 0 Å². The SMILES string of the molecule is CCO[Si](OCC)(OCC)c1ccccc1SSSSSSSSc1nc2ccccc2s1. The summed E-state index contributed by atoms with van der Waals surface area (Å²) >= 11 is 1.74. The Hall–Kier alpha value is 1.23. The molecule has 0 bridgehead atoms. The molecule has 0 amide bonds. The van der Waals surface area contributed by atoms with Crippen LogP contribution in [0.15, 0.2) is 57.8 Å². The van der Waals surface area contributed by atoms with E-state index in [1.165, 1.54) is 4.70 Å². The van der Waals surface area contributed by atoms with E-state index in [9.17, 15) is 0 Å². The molecule has 3 rings (SSSR count). The number of rotatable bonds is 16. The topological polar surface area (TPSA) is 40.6 Å². The van der Waals surface area contributed by atoms with Crippen molar-refractivity contribution in [3.05, 3.63) is 48.5 Å². The lowest BCUT2D eigenvalue weighted by Gasteiger charge is -2.29. The molecule has 33 heavy (non-hydrogen) atoms. The average molecular weight is 630 g/mol. The Morgan fingerprint density at radius 3 is 1.97 bits per heavy atom. The summed E-state index contributed by atoms with van der Waals surface area (Å²) in [6.07, 6.45) is 0. The maximum atomic E-state index is 6.11. The molecule has 0 aliphatic carbocycles. The maximum absolute atomic E-state index is 6.11. The monoisotopic (exact) mass is 629 g/mol. The van der Waals surface area contributed by atoms with Gasteiger partial charge in [-0.2, -0.15) is 0 Å². The molecule has 0 aliphatic rings. The highest BCUT2D eigenvalue weighted by atomic mass is 34.0. The molecule has 4 nitrogen and oxygen atoms in total. The normalized spacial score (nSPS) is 12.0. The van der Waals surface area contributed by atoms with Gasteiger partial charge in [0.15, 0.2) is 4.34 Å². The zero-order valence-electron chi connectivity index (χ0n) is 18.1. The van der Waals surface area contributed by atoms with Crippen molar-refractivity contribution < 1.29 is 13.3 Å². The first-order chi connectivity index (χ1) is 16.2. The minimum atomic E-state index is -2.92. The van der Waals surface area contributed by atoms with Crippen LogP contribution in [-0.2, 0) is 13.3 Å². The minimum Gasteiger partial charge on any atom is -0.370 e. The predicted molar refractivity (Wildman–Crippen MR) is 164 cm³/mol. The molecule has 2 aromatic carbocycles. The van der Waals surface area contributed by atoms with E-state index >= 15 is 0 Å². The Balaban J connectivity index is 1.42. The van der Waals surface area contributed by atoms with Gasteiger partial charge < -0.3 is 13.3 Å². The van der Waals surface area contributed by atoms with Gasteiger partial charge in [-0.3, -0.25) is 0 Å². The Morgan fingerprint density at radius 2 is 1.30 bits per heavy atom. The van der Waals surface area contributed by atoms with Gasteiger partial charge in [-0.05, 0) is 120 Å². The number of fused-ring (bicyclic) bond motifs is 1. The predicted octanol–water partition coefficient (Wildman–Crippen LogP) is 9.24. The van der Waals surface area contributed by atoms with Crippen LogP contribution in [0, 0.1) is 0 Å². The summed E-state index contributed by atoms with van der Waals surface area (Å²) < 4.78 is 20.7. The van der Waals surface area contributed by atoms with Gasteiger partial charge in [0.1, 0.15) is 0 Å². The number of nitrogens with zero attached hydrogens (tertiary/aromatic N) is 1. The van der Waals surface area contributed by atoms with E-state index < -0.39 is 8.80 Å². The van der Waals surface area contributed by atoms with Gasteiger partial charge in [-0.1, -0.05) is 30.3 Å². The van der Waals surface area contributed by atoms with E-state index in [1.54, 1.807) is 91.9 Å². The van der Waals surface area contributed by atoms with Crippen LogP contribution in [0.4, 0.5) is 0 Å². The molecule has 14 heteroatoms. The fourth-order valence-corrected chi connectivity index (χ4v) is 24.1. The van der Waals surface area contributed by atoms with Crippen LogP contribution in [0.1, 0.15) is 20.8 Å². The van der Waals surface area contributed by atoms with Crippen molar-refractivity contribution in [1.29, 1.82) is 0 Å². The van der Waals surface area contributed by atoms with Crippen LogP contribution in [0.2, 0.25) is 0 Å². The third-order valence-corrected chi connectivity index (χ3v) is 23.5. The third kappa shape index (κ3) is 8.93. The molecule has 0 saturated carbocycles. The van der Waals surface area contributed by atoms with Crippen molar-refractivity contribution in [1.82, 2.24) is 4.98 Å². The molecule has 0 saturated heterocycles. The fourth-order valence-electron chi connectivity index (χ4n) is 2.75. The summed E-state index contributed by atoms with van der Waals surface area (Å²) in [6, 6.07) is 16.5. The third-order valence-electron chi connectivity index (χ3n) is 3.86. The number of hydrogen-bond donors (Lipinski definition) is 0. The Kier molecular flexibility index (Phi) is 14.1. The van der Waals surface area contributed by atoms with E-state index in [2.05, 4.69) is 35.3 Å². The molecule has 0 N–H and O–H groups in total. The van der Waals surface area contributed by atoms with Gasteiger partial charge in [-0.25, -0.2) is 4.98 Å². The standard InChI is InChI=1S/C19H23NO3S9Si/c1-4-21-33(22-5-2,23-6-3)18-14-10-9-13-17(18)25-27-29-31-32-30-28-26-19-20-15-11-7-8-12-16(15)24-19/h7-14H,4-6H2,1-3H3. The second kappa shape index (κ2) is 16.1. The Labute approximate surface area is 230 Å². The smallest absolute Gasteiger partial charge is 0.370 e. The molecule has 1 aromatic heterocycles. The van der Waals surface area contributed by atoms with E-state index in [1.807, 2.05) is 39.0 Å². The van der Waals surface area contributed by atoms with Crippen molar-refractivity contribution in [3.8, 4) is 0 Å². The highest BCUT2D eigenvalue weighted by Gasteiger charge is 2.45. The lowest BCUT2D eigenvalue weighted by molar-refractivity contribution is 0.0854. The largest absolute Gasteiger partial charge is 0.538 e. The summed E-state index contributed by atoms with van der Waals surface area (Å²) in [5.41, 5.74) is 1.08. The maximum Gasteiger partial charge on any atom is 0.538 e. The van der Waals surface area contributed by atoms with Crippen LogP contribution < -0.4 is 5.19 Å². The fraction of sp³-hybridized carbons (Fsp3) is 0.316. The molecule has 0 spiro atoms. The number of aromatic nitrogens is 1. The Bertz CT molecular complexity index is 930. The molecule has 0 unspecified atom stereocenters. The van der Waals surface area contributed by atoms with E-state index in [4.69, 9.17) is 13.3 Å². The second-order valence-corrected chi connectivity index (χ2v) is 22.5. The number of benzene rings is 2. The van der Waals surface area contributed by atoms with Crippen LogP contribution in [0.25, 0.3) is 10.2 Å². The van der Waals surface area contributed by atoms with Crippen molar-refractivity contribution in [3.63, 3.8) is 0 Å². The molecule has 0 radical (unpaired) electrons. The molecule has 180 valence electrons. The zero-order chi connectivity index (χ0) is 23.4. The summed E-state index contributed by atoms with van der Waals surface area (Å²) in [7, 11) is 11.1. The molecule has 1 heterocycles. The first-order valence-electron chi connectivity index (χ1n) is 9.93. The van der Waals surface area contributed by atoms with E-state index in [0.29, 0.717) is 19.8 Å². The summed E-state index contributed by atoms with van der Waals surface area (Å²) in [5.74, 6) is 0. The van der Waals surface area contributed by atoms with E-state index in [-0.39, 0.29) is 0 Å². The van der Waals surface area contributed by atoms with Crippen LogP contribution in [0.3, 0.4) is 0 Å². The van der Waals surface area contributed by atoms with Crippen molar-refractivity contribution in [2.45, 2.75) is 30.0 Å². The number of hydrogen-bond acceptors (Lipinski definition) is 13. The summed E-state index contributed by atoms with van der Waals surface area (Å²) in [6.45, 7) is 7.63. The first-order valence-corrected chi connectivity index (χ1v) is 22.6. The highest BCUT2D eigenvalue weighted by Crippen LogP contribution is 2.59. The second-order valence-electron chi connectivity index (χ2n) is 5.87. The van der Waals surface area contributed by atoms with Gasteiger partial charge in [0, 0.05) is 29.9 Å². The van der Waals surface area contributed by atoms with Crippen LogP contribution >= 0.6 is 91.9 Å². The van der Waals surface area contributed by atoms with E-state index in [0.717, 1.165) is 19.9 Å². The minimum absolute atomic E-state index is 0.559. The van der Waals surface area contributed by atoms with Gasteiger partial charge in [0.25, 0.3) is 0 Å². The van der Waals surface area contributed by atoms with Gasteiger partial charge in [0.05, 0.1) is 10.2 Å².